The van der Waals surface area contributed by atoms with Crippen molar-refractivity contribution in [2.24, 2.45) is 0 Å². The molecule has 0 fully saturated rings. The molecule has 0 spiro atoms. The van der Waals surface area contributed by atoms with E-state index in [0.717, 1.165) is 12.2 Å². The lowest BCUT2D eigenvalue weighted by atomic mass is 9.90. The zero-order chi connectivity index (χ0) is 23.6. The third kappa shape index (κ3) is 4.14. The summed E-state index contributed by atoms with van der Waals surface area (Å²) in [5.41, 5.74) is 12.7. The Morgan fingerprint density at radius 2 is 1.14 bits per heavy atom. The molecule has 0 saturated carbocycles. The van der Waals surface area contributed by atoms with Gasteiger partial charge >= 0.3 is 0 Å². The third-order valence-electron chi connectivity index (χ3n) is 6.76. The van der Waals surface area contributed by atoms with Crippen LogP contribution in [0.25, 0.3) is 44.5 Å². The highest BCUT2D eigenvalue weighted by molar-refractivity contribution is 5.91. The van der Waals surface area contributed by atoms with E-state index in [0.29, 0.717) is 6.61 Å². The topological polar surface area (TPSA) is 29.5 Å². The Morgan fingerprint density at radius 3 is 1.83 bits per heavy atom. The molecule has 0 atom stereocenters. The van der Waals surface area contributed by atoms with Crippen LogP contribution in [0.3, 0.4) is 0 Å². The van der Waals surface area contributed by atoms with Gasteiger partial charge in [-0.25, -0.2) is 0 Å². The fourth-order valence-electron chi connectivity index (χ4n) is 5.03. The molecule has 5 aromatic rings. The van der Waals surface area contributed by atoms with Crippen molar-refractivity contribution < 1.29 is 9.84 Å². The fourth-order valence-corrected chi connectivity index (χ4v) is 5.03. The normalized spacial score (nSPS) is 11.7. The van der Waals surface area contributed by atoms with Crippen LogP contribution < -0.4 is 4.74 Å². The van der Waals surface area contributed by atoms with Gasteiger partial charge in [0.1, 0.15) is 12.4 Å². The smallest absolute Gasteiger partial charge is 0.119 e. The predicted molar refractivity (Wildman–Crippen MR) is 144 cm³/mol. The lowest BCUT2D eigenvalue weighted by molar-refractivity contribution is 0.201. The summed E-state index contributed by atoms with van der Waals surface area (Å²) in [5, 5.41) is 9.06. The van der Waals surface area contributed by atoms with Crippen LogP contribution in [-0.4, -0.2) is 18.3 Å². The van der Waals surface area contributed by atoms with E-state index in [1.807, 2.05) is 12.1 Å². The van der Waals surface area contributed by atoms with Gasteiger partial charge in [-0.2, -0.15) is 0 Å². The molecule has 0 bridgehead atoms. The highest BCUT2D eigenvalue weighted by Crippen LogP contribution is 2.45. The Hall–Kier alpha value is -4.14. The summed E-state index contributed by atoms with van der Waals surface area (Å²) in [6, 6.07) is 41.0. The van der Waals surface area contributed by atoms with Crippen molar-refractivity contribution >= 4 is 0 Å². The first-order chi connectivity index (χ1) is 17.3. The fraction of sp³-hybridized carbons (Fsp3) is 0.0909. The summed E-state index contributed by atoms with van der Waals surface area (Å²) in [7, 11) is 0. The number of ether oxygens (including phenoxy) is 1. The van der Waals surface area contributed by atoms with Crippen molar-refractivity contribution in [1.29, 1.82) is 0 Å². The van der Waals surface area contributed by atoms with Gasteiger partial charge in [0.2, 0.25) is 0 Å². The van der Waals surface area contributed by atoms with Crippen LogP contribution in [0.2, 0.25) is 0 Å². The van der Waals surface area contributed by atoms with Gasteiger partial charge in [0.05, 0.1) is 6.61 Å². The second-order valence-electron chi connectivity index (χ2n) is 8.93. The Labute approximate surface area is 206 Å². The summed E-state index contributed by atoms with van der Waals surface area (Å²) >= 11 is 0. The van der Waals surface area contributed by atoms with Crippen molar-refractivity contribution in [3.63, 3.8) is 0 Å². The maximum atomic E-state index is 9.06. The summed E-state index contributed by atoms with van der Waals surface area (Å²) in [5.74, 6) is 0.773. The van der Waals surface area contributed by atoms with Crippen molar-refractivity contribution in [2.45, 2.75) is 6.42 Å². The molecular formula is C33H26O2. The Morgan fingerprint density at radius 1 is 0.543 bits per heavy atom. The van der Waals surface area contributed by atoms with E-state index < -0.39 is 0 Å². The van der Waals surface area contributed by atoms with Gasteiger partial charge in [-0.1, -0.05) is 84.9 Å². The van der Waals surface area contributed by atoms with Crippen molar-refractivity contribution in [3.05, 3.63) is 126 Å². The van der Waals surface area contributed by atoms with Crippen molar-refractivity contribution in [3.8, 4) is 50.3 Å². The standard InChI is InChI=1S/C33H26O2/c34-17-18-35-29-15-13-25(14-16-29)30-21-28(24-9-5-2-6-10-24)22-33-31-19-26(23-7-3-1-4-8-23)11-12-27(31)20-32(30)33/h1-16,19,21-22,34H,17-18,20H2. The number of benzene rings is 5. The maximum Gasteiger partial charge on any atom is 0.119 e. The number of hydrogen-bond donors (Lipinski definition) is 1. The Kier molecular flexibility index (Phi) is 5.65. The van der Waals surface area contributed by atoms with Gasteiger partial charge in [-0.05, 0) is 92.4 Å². The first-order valence-corrected chi connectivity index (χ1v) is 12.1. The minimum Gasteiger partial charge on any atom is -0.491 e. The van der Waals surface area contributed by atoms with Gasteiger partial charge in [-0.3, -0.25) is 0 Å². The molecule has 2 heteroatoms. The SMILES string of the molecule is OCCOc1ccc(-c2cc(-c3ccccc3)cc3c2Cc2ccc(-c4ccccc4)cc2-3)cc1. The van der Waals surface area contributed by atoms with Gasteiger partial charge in [0, 0.05) is 0 Å². The van der Waals surface area contributed by atoms with Gasteiger partial charge in [0.15, 0.2) is 0 Å². The maximum absolute atomic E-state index is 9.06. The molecule has 0 heterocycles. The quantitative estimate of drug-likeness (QED) is 0.280. The first kappa shape index (κ1) is 21.4. The molecule has 0 aromatic heterocycles. The molecular weight excluding hydrogens is 428 g/mol. The largest absolute Gasteiger partial charge is 0.491 e. The van der Waals surface area contributed by atoms with Gasteiger partial charge < -0.3 is 9.84 Å². The Bertz CT molecular complexity index is 1470. The number of rotatable bonds is 6. The van der Waals surface area contributed by atoms with Gasteiger partial charge in [-0.15, -0.1) is 0 Å². The van der Waals surface area contributed by atoms with Crippen LogP contribution in [0, 0.1) is 0 Å². The molecule has 6 rings (SSSR count). The molecule has 35 heavy (non-hydrogen) atoms. The summed E-state index contributed by atoms with van der Waals surface area (Å²) in [6.45, 7) is 0.314. The summed E-state index contributed by atoms with van der Waals surface area (Å²) < 4.78 is 5.59. The monoisotopic (exact) mass is 454 g/mol. The van der Waals surface area contributed by atoms with E-state index in [2.05, 4.69) is 103 Å². The summed E-state index contributed by atoms with van der Waals surface area (Å²) in [4.78, 5) is 0. The van der Waals surface area contributed by atoms with Crippen LogP contribution in [0.1, 0.15) is 11.1 Å². The van der Waals surface area contributed by atoms with E-state index in [1.165, 1.54) is 55.6 Å². The van der Waals surface area contributed by atoms with Gasteiger partial charge in [0.25, 0.3) is 0 Å². The number of hydrogen-bond acceptors (Lipinski definition) is 2. The Balaban J connectivity index is 1.50. The predicted octanol–water partition coefficient (Wildman–Crippen LogP) is 7.63. The number of aliphatic hydroxyl groups is 1. The van der Waals surface area contributed by atoms with E-state index in [4.69, 9.17) is 9.84 Å². The average molecular weight is 455 g/mol. The lowest BCUT2D eigenvalue weighted by Gasteiger charge is -2.14. The molecule has 0 saturated heterocycles. The van der Waals surface area contributed by atoms with E-state index in [9.17, 15) is 0 Å². The van der Waals surface area contributed by atoms with Crippen molar-refractivity contribution in [2.75, 3.05) is 13.2 Å². The second kappa shape index (κ2) is 9.25. The molecule has 0 amide bonds. The highest BCUT2D eigenvalue weighted by Gasteiger charge is 2.24. The molecule has 1 aliphatic rings. The average Bonchev–Trinajstić information content (AvgIpc) is 3.30. The molecule has 1 aliphatic carbocycles. The summed E-state index contributed by atoms with van der Waals surface area (Å²) in [6.07, 6.45) is 0.924. The molecule has 5 aromatic carbocycles. The van der Waals surface area contributed by atoms with Crippen LogP contribution in [-0.2, 0) is 6.42 Å². The minimum atomic E-state index is 0.0115. The zero-order valence-electron chi connectivity index (χ0n) is 19.4. The molecule has 0 unspecified atom stereocenters. The van der Waals surface area contributed by atoms with Crippen LogP contribution in [0.4, 0.5) is 0 Å². The number of fused-ring (bicyclic) bond motifs is 3. The minimum absolute atomic E-state index is 0.0115. The second-order valence-corrected chi connectivity index (χ2v) is 8.93. The van der Waals surface area contributed by atoms with Crippen LogP contribution >= 0.6 is 0 Å². The van der Waals surface area contributed by atoms with E-state index in [-0.39, 0.29) is 6.61 Å². The van der Waals surface area contributed by atoms with Crippen LogP contribution in [0.5, 0.6) is 5.75 Å². The molecule has 170 valence electrons. The van der Waals surface area contributed by atoms with E-state index in [1.54, 1.807) is 0 Å². The molecule has 2 nitrogen and oxygen atoms in total. The number of aliphatic hydroxyl groups excluding tert-OH is 1. The van der Waals surface area contributed by atoms with Crippen molar-refractivity contribution in [1.82, 2.24) is 0 Å². The van der Waals surface area contributed by atoms with Crippen LogP contribution in [0.15, 0.2) is 115 Å². The molecule has 0 aliphatic heterocycles. The first-order valence-electron chi connectivity index (χ1n) is 12.1. The highest BCUT2D eigenvalue weighted by atomic mass is 16.5. The zero-order valence-corrected chi connectivity index (χ0v) is 19.4. The van der Waals surface area contributed by atoms with E-state index >= 15 is 0 Å². The lowest BCUT2D eigenvalue weighted by Crippen LogP contribution is -2.01. The molecule has 1 N–H and O–H groups in total. The molecule has 0 radical (unpaired) electrons. The third-order valence-corrected chi connectivity index (χ3v) is 6.76.